The highest BCUT2D eigenvalue weighted by atomic mass is 35.5. The number of thiazole rings is 1. The second kappa shape index (κ2) is 5.48. The molecule has 2 aromatic rings. The molecule has 0 radical (unpaired) electrons. The van der Waals surface area contributed by atoms with E-state index in [1.54, 1.807) is 0 Å². The molecule has 16 heavy (non-hydrogen) atoms. The Bertz CT molecular complexity index is 450. The number of hydrogen-bond acceptors (Lipinski definition) is 3. The van der Waals surface area contributed by atoms with Crippen LogP contribution in [0.15, 0.2) is 24.5 Å². The topological polar surface area (TPSA) is 43.8 Å². The van der Waals surface area contributed by atoms with Crippen molar-refractivity contribution >= 4 is 22.9 Å². The molecule has 86 valence electrons. The number of aryl methyl sites for hydroxylation is 1. The van der Waals surface area contributed by atoms with Gasteiger partial charge < -0.3 is 10.3 Å². The van der Waals surface area contributed by atoms with Crippen molar-refractivity contribution in [1.82, 2.24) is 9.55 Å². The van der Waals surface area contributed by atoms with Gasteiger partial charge in [0, 0.05) is 23.0 Å². The maximum atomic E-state index is 5.81. The molecule has 0 bridgehead atoms. The fourth-order valence-electron chi connectivity index (χ4n) is 1.64. The van der Waals surface area contributed by atoms with Crippen LogP contribution < -0.4 is 5.73 Å². The van der Waals surface area contributed by atoms with Crippen molar-refractivity contribution in [1.29, 1.82) is 0 Å². The molecule has 0 aliphatic rings. The summed E-state index contributed by atoms with van der Waals surface area (Å²) in [6.45, 7) is 1.58. The van der Waals surface area contributed by atoms with Gasteiger partial charge in [-0.25, -0.2) is 4.98 Å². The lowest BCUT2D eigenvalue weighted by Gasteiger charge is -2.06. The number of halogens is 1. The Balaban J connectivity index is 2.06. The molecule has 0 saturated carbocycles. The van der Waals surface area contributed by atoms with Crippen LogP contribution in [0, 0.1) is 0 Å². The van der Waals surface area contributed by atoms with Crippen molar-refractivity contribution in [3.63, 3.8) is 0 Å². The van der Waals surface area contributed by atoms with Gasteiger partial charge in [-0.3, -0.25) is 0 Å². The number of aromatic nitrogens is 2. The molecule has 2 aromatic heterocycles. The summed E-state index contributed by atoms with van der Waals surface area (Å²) in [5, 5.41) is 0. The van der Waals surface area contributed by atoms with Crippen molar-refractivity contribution in [3.8, 4) is 0 Å². The highest BCUT2D eigenvalue weighted by molar-refractivity contribution is 7.15. The lowest BCUT2D eigenvalue weighted by molar-refractivity contribution is 0.715. The van der Waals surface area contributed by atoms with E-state index in [2.05, 4.69) is 27.9 Å². The zero-order chi connectivity index (χ0) is 11.4. The Hall–Kier alpha value is -0.840. The van der Waals surface area contributed by atoms with Crippen LogP contribution >= 0.6 is 22.9 Å². The molecule has 0 atom stereocenters. The van der Waals surface area contributed by atoms with E-state index >= 15 is 0 Å². The SMILES string of the molecule is NCCCc1cccn1Cc1cnc(Cl)s1. The average Bonchev–Trinajstić information content (AvgIpc) is 2.86. The van der Waals surface area contributed by atoms with Crippen molar-refractivity contribution in [2.45, 2.75) is 19.4 Å². The van der Waals surface area contributed by atoms with Crippen LogP contribution in [0.25, 0.3) is 0 Å². The van der Waals surface area contributed by atoms with Crippen LogP contribution in [0.1, 0.15) is 17.0 Å². The van der Waals surface area contributed by atoms with Gasteiger partial charge in [-0.05, 0) is 31.5 Å². The molecule has 0 aromatic carbocycles. The average molecular weight is 256 g/mol. The summed E-state index contributed by atoms with van der Waals surface area (Å²) >= 11 is 7.33. The van der Waals surface area contributed by atoms with Gasteiger partial charge in [-0.1, -0.05) is 11.6 Å². The monoisotopic (exact) mass is 255 g/mol. The predicted octanol–water partition coefficient (Wildman–Crippen LogP) is 2.54. The Labute approximate surface area is 104 Å². The number of nitrogens with zero attached hydrogens (tertiary/aromatic N) is 2. The predicted molar refractivity (Wildman–Crippen MR) is 68.0 cm³/mol. The maximum Gasteiger partial charge on any atom is 0.183 e. The molecular weight excluding hydrogens is 242 g/mol. The quantitative estimate of drug-likeness (QED) is 0.892. The molecule has 0 aliphatic carbocycles. The van der Waals surface area contributed by atoms with Crippen molar-refractivity contribution < 1.29 is 0 Å². The smallest absolute Gasteiger partial charge is 0.183 e. The summed E-state index contributed by atoms with van der Waals surface area (Å²) in [6, 6.07) is 4.20. The van der Waals surface area contributed by atoms with Crippen LogP contribution in [0.2, 0.25) is 4.47 Å². The number of nitrogens with two attached hydrogens (primary N) is 1. The fraction of sp³-hybridized carbons (Fsp3) is 0.364. The Morgan fingerprint density at radius 1 is 1.50 bits per heavy atom. The molecule has 0 fully saturated rings. The summed E-state index contributed by atoms with van der Waals surface area (Å²) in [7, 11) is 0. The largest absolute Gasteiger partial charge is 0.346 e. The fourth-order valence-corrected chi connectivity index (χ4v) is 2.62. The van der Waals surface area contributed by atoms with Crippen LogP contribution in [-0.2, 0) is 13.0 Å². The molecule has 3 nitrogen and oxygen atoms in total. The molecule has 2 heterocycles. The summed E-state index contributed by atoms with van der Waals surface area (Å²) in [4.78, 5) is 5.22. The minimum absolute atomic E-state index is 0.602. The molecule has 0 unspecified atom stereocenters. The Kier molecular flexibility index (Phi) is 3.98. The Morgan fingerprint density at radius 3 is 3.06 bits per heavy atom. The first kappa shape index (κ1) is 11.6. The minimum atomic E-state index is 0.602. The summed E-state index contributed by atoms with van der Waals surface area (Å²) < 4.78 is 2.82. The van der Waals surface area contributed by atoms with E-state index in [1.807, 2.05) is 6.20 Å². The van der Waals surface area contributed by atoms with Crippen LogP contribution in [0.4, 0.5) is 0 Å². The van der Waals surface area contributed by atoms with Gasteiger partial charge in [0.1, 0.15) is 0 Å². The van der Waals surface area contributed by atoms with Crippen molar-refractivity contribution in [3.05, 3.63) is 39.6 Å². The lowest BCUT2D eigenvalue weighted by Crippen LogP contribution is -2.05. The number of hydrogen-bond donors (Lipinski definition) is 1. The van der Waals surface area contributed by atoms with E-state index < -0.39 is 0 Å². The van der Waals surface area contributed by atoms with E-state index in [1.165, 1.54) is 21.9 Å². The molecular formula is C11H14ClN3S. The zero-order valence-corrected chi connectivity index (χ0v) is 10.5. The normalized spacial score (nSPS) is 10.9. The zero-order valence-electron chi connectivity index (χ0n) is 8.90. The third-order valence-corrected chi connectivity index (χ3v) is 3.51. The first-order valence-electron chi connectivity index (χ1n) is 5.24. The van der Waals surface area contributed by atoms with E-state index in [0.717, 1.165) is 25.9 Å². The number of rotatable bonds is 5. The van der Waals surface area contributed by atoms with Crippen LogP contribution in [0.3, 0.4) is 0 Å². The minimum Gasteiger partial charge on any atom is -0.346 e. The van der Waals surface area contributed by atoms with Gasteiger partial charge >= 0.3 is 0 Å². The highest BCUT2D eigenvalue weighted by Gasteiger charge is 2.04. The van der Waals surface area contributed by atoms with Gasteiger partial charge in [0.25, 0.3) is 0 Å². The standard InChI is InChI=1S/C11H14ClN3S/c12-11-14-7-10(16-11)8-15-6-2-4-9(15)3-1-5-13/h2,4,6-7H,1,3,5,8,13H2. The van der Waals surface area contributed by atoms with Gasteiger partial charge in [0.05, 0.1) is 6.54 Å². The summed E-state index contributed by atoms with van der Waals surface area (Å²) in [5.41, 5.74) is 6.83. The molecule has 2 N–H and O–H groups in total. The lowest BCUT2D eigenvalue weighted by atomic mass is 10.2. The molecule has 0 amide bonds. The second-order valence-electron chi connectivity index (χ2n) is 3.60. The molecule has 0 saturated heterocycles. The highest BCUT2D eigenvalue weighted by Crippen LogP contribution is 2.19. The first-order valence-corrected chi connectivity index (χ1v) is 6.43. The third kappa shape index (κ3) is 2.84. The first-order chi connectivity index (χ1) is 7.79. The van der Waals surface area contributed by atoms with E-state index in [4.69, 9.17) is 17.3 Å². The second-order valence-corrected chi connectivity index (χ2v) is 5.30. The molecule has 0 spiro atoms. The van der Waals surface area contributed by atoms with E-state index in [9.17, 15) is 0 Å². The third-order valence-electron chi connectivity index (χ3n) is 2.41. The molecule has 5 heteroatoms. The van der Waals surface area contributed by atoms with Gasteiger partial charge in [0.2, 0.25) is 0 Å². The van der Waals surface area contributed by atoms with Crippen LogP contribution in [-0.4, -0.2) is 16.1 Å². The summed E-state index contributed by atoms with van der Waals surface area (Å²) in [6.07, 6.45) is 5.96. The van der Waals surface area contributed by atoms with E-state index in [-0.39, 0.29) is 0 Å². The maximum absolute atomic E-state index is 5.81. The Morgan fingerprint density at radius 2 is 2.38 bits per heavy atom. The molecule has 2 rings (SSSR count). The van der Waals surface area contributed by atoms with Crippen LogP contribution in [0.5, 0.6) is 0 Å². The van der Waals surface area contributed by atoms with Crippen molar-refractivity contribution in [2.24, 2.45) is 5.73 Å². The van der Waals surface area contributed by atoms with Crippen molar-refractivity contribution in [2.75, 3.05) is 6.54 Å². The summed E-state index contributed by atoms with van der Waals surface area (Å²) in [5.74, 6) is 0. The molecule has 0 aliphatic heterocycles. The van der Waals surface area contributed by atoms with Gasteiger partial charge in [-0.2, -0.15) is 0 Å². The van der Waals surface area contributed by atoms with E-state index in [0.29, 0.717) is 4.47 Å². The van der Waals surface area contributed by atoms with Gasteiger partial charge in [-0.15, -0.1) is 11.3 Å². The van der Waals surface area contributed by atoms with Gasteiger partial charge in [0.15, 0.2) is 4.47 Å².